The minimum Gasteiger partial charge on any atom is -0.489 e. The van der Waals surface area contributed by atoms with Crippen LogP contribution in [0.15, 0.2) is 18.3 Å². The predicted octanol–water partition coefficient (Wildman–Crippen LogP) is 2.80. The number of ether oxygens (including phenoxy) is 2. The van der Waals surface area contributed by atoms with Crippen LogP contribution in [0.4, 0.5) is 0 Å². The van der Waals surface area contributed by atoms with E-state index in [4.69, 9.17) is 15.2 Å². The molecule has 4 nitrogen and oxygen atoms in total. The number of hydrogen-bond donors (Lipinski definition) is 1. The van der Waals surface area contributed by atoms with Crippen LogP contribution >= 0.6 is 0 Å². The van der Waals surface area contributed by atoms with Crippen LogP contribution in [0.25, 0.3) is 0 Å². The third-order valence-corrected chi connectivity index (χ3v) is 4.52. The lowest BCUT2D eigenvalue weighted by Crippen LogP contribution is -2.45. The average Bonchev–Trinajstić information content (AvgIpc) is 2.49. The summed E-state index contributed by atoms with van der Waals surface area (Å²) in [5.41, 5.74) is 6.54. The summed E-state index contributed by atoms with van der Waals surface area (Å²) in [6.07, 6.45) is 10.3. The number of pyridine rings is 1. The molecule has 1 aromatic rings. The lowest BCUT2D eigenvalue weighted by atomic mass is 9.79. The third-order valence-electron chi connectivity index (χ3n) is 4.52. The first-order chi connectivity index (χ1) is 9.80. The monoisotopic (exact) mass is 276 g/mol. The van der Waals surface area contributed by atoms with E-state index in [-0.39, 0.29) is 11.7 Å². The van der Waals surface area contributed by atoms with Crippen molar-refractivity contribution in [2.75, 3.05) is 6.61 Å². The van der Waals surface area contributed by atoms with Gasteiger partial charge >= 0.3 is 0 Å². The van der Waals surface area contributed by atoms with Crippen LogP contribution in [0.1, 0.15) is 50.6 Å². The van der Waals surface area contributed by atoms with Crippen LogP contribution in [0.5, 0.6) is 5.75 Å². The molecule has 2 aliphatic rings. The first-order valence-electron chi connectivity index (χ1n) is 7.75. The Hall–Kier alpha value is -1.13. The molecular formula is C16H24N2O2. The average molecular weight is 276 g/mol. The second kappa shape index (κ2) is 6.10. The van der Waals surface area contributed by atoms with Crippen molar-refractivity contribution >= 4 is 0 Å². The van der Waals surface area contributed by atoms with E-state index in [9.17, 15) is 0 Å². The summed E-state index contributed by atoms with van der Waals surface area (Å²) in [6, 6.07) is 3.91. The Morgan fingerprint density at radius 1 is 1.30 bits per heavy atom. The third kappa shape index (κ3) is 3.13. The minimum absolute atomic E-state index is 0.0891. The van der Waals surface area contributed by atoms with Crippen molar-refractivity contribution < 1.29 is 9.47 Å². The van der Waals surface area contributed by atoms with Gasteiger partial charge in [0.15, 0.2) is 0 Å². The van der Waals surface area contributed by atoms with Crippen molar-refractivity contribution in [3.8, 4) is 5.75 Å². The predicted molar refractivity (Wildman–Crippen MR) is 77.5 cm³/mol. The number of rotatable bonds is 3. The Morgan fingerprint density at radius 2 is 2.15 bits per heavy atom. The molecule has 2 heterocycles. The van der Waals surface area contributed by atoms with E-state index < -0.39 is 0 Å². The van der Waals surface area contributed by atoms with Crippen LogP contribution in [-0.2, 0) is 11.3 Å². The summed E-state index contributed by atoms with van der Waals surface area (Å²) in [5.74, 6) is 0.847. The number of aromatic nitrogens is 1. The lowest BCUT2D eigenvalue weighted by Gasteiger charge is -2.43. The Kier molecular flexibility index (Phi) is 4.22. The molecule has 110 valence electrons. The molecule has 1 aliphatic carbocycles. The maximum Gasteiger partial charge on any atom is 0.138 e. The standard InChI is InChI=1S/C16H24N2O2/c17-11-13-4-5-15(12-18-13)20-14-6-9-19-16(10-14)7-2-1-3-8-16/h4-5,12,14H,1-3,6-11,17H2. The van der Waals surface area contributed by atoms with Gasteiger partial charge in [0.05, 0.1) is 24.1 Å². The molecule has 4 heteroatoms. The molecule has 1 atom stereocenters. The highest BCUT2D eigenvalue weighted by molar-refractivity contribution is 5.20. The molecule has 1 aliphatic heterocycles. The molecule has 2 fully saturated rings. The summed E-state index contributed by atoms with van der Waals surface area (Å²) in [7, 11) is 0. The molecule has 1 spiro atoms. The van der Waals surface area contributed by atoms with Gasteiger partial charge in [0.25, 0.3) is 0 Å². The van der Waals surface area contributed by atoms with Crippen LogP contribution in [0, 0.1) is 0 Å². The SMILES string of the molecule is NCc1ccc(OC2CCOC3(CCCCC3)C2)cn1. The fraction of sp³-hybridized carbons (Fsp3) is 0.688. The van der Waals surface area contributed by atoms with Crippen LogP contribution in [0.3, 0.4) is 0 Å². The van der Waals surface area contributed by atoms with Crippen molar-refractivity contribution in [1.29, 1.82) is 0 Å². The maximum atomic E-state index is 6.10. The van der Waals surface area contributed by atoms with Gasteiger partial charge in [0.2, 0.25) is 0 Å². The second-order valence-electron chi connectivity index (χ2n) is 6.01. The molecule has 0 aromatic carbocycles. The van der Waals surface area contributed by atoms with Crippen molar-refractivity contribution in [3.63, 3.8) is 0 Å². The van der Waals surface area contributed by atoms with E-state index >= 15 is 0 Å². The van der Waals surface area contributed by atoms with E-state index in [1.54, 1.807) is 6.20 Å². The fourth-order valence-corrected chi connectivity index (χ4v) is 3.42. The molecule has 3 rings (SSSR count). The zero-order valence-corrected chi connectivity index (χ0v) is 12.0. The topological polar surface area (TPSA) is 57.4 Å². The molecule has 1 aromatic heterocycles. The Bertz CT molecular complexity index is 421. The summed E-state index contributed by atoms with van der Waals surface area (Å²) >= 11 is 0. The van der Waals surface area contributed by atoms with Gasteiger partial charge in [-0.1, -0.05) is 19.3 Å². The van der Waals surface area contributed by atoms with Crippen LogP contribution in [0.2, 0.25) is 0 Å². The van der Waals surface area contributed by atoms with Gasteiger partial charge in [0.1, 0.15) is 11.9 Å². The smallest absolute Gasteiger partial charge is 0.138 e. The largest absolute Gasteiger partial charge is 0.489 e. The highest BCUT2D eigenvalue weighted by Crippen LogP contribution is 2.39. The summed E-state index contributed by atoms with van der Waals surface area (Å²) in [6.45, 7) is 1.29. The highest BCUT2D eigenvalue weighted by Gasteiger charge is 2.39. The Balaban J connectivity index is 1.61. The first-order valence-corrected chi connectivity index (χ1v) is 7.75. The zero-order chi connectivity index (χ0) is 13.8. The van der Waals surface area contributed by atoms with Gasteiger partial charge in [0, 0.05) is 19.4 Å². The molecule has 0 bridgehead atoms. The molecule has 1 unspecified atom stereocenters. The van der Waals surface area contributed by atoms with Crippen molar-refractivity contribution in [2.24, 2.45) is 5.73 Å². The normalized spacial score (nSPS) is 25.6. The Labute approximate surface area is 120 Å². The molecule has 0 amide bonds. The maximum absolute atomic E-state index is 6.10. The van der Waals surface area contributed by atoms with E-state index in [1.807, 2.05) is 12.1 Å². The molecule has 2 N–H and O–H groups in total. The molecule has 0 radical (unpaired) electrons. The second-order valence-corrected chi connectivity index (χ2v) is 6.01. The van der Waals surface area contributed by atoms with Gasteiger partial charge in [-0.25, -0.2) is 0 Å². The van der Waals surface area contributed by atoms with Crippen molar-refractivity contribution in [3.05, 3.63) is 24.0 Å². The quantitative estimate of drug-likeness (QED) is 0.922. The lowest BCUT2D eigenvalue weighted by molar-refractivity contribution is -0.129. The Morgan fingerprint density at radius 3 is 2.85 bits per heavy atom. The summed E-state index contributed by atoms with van der Waals surface area (Å²) in [4.78, 5) is 4.29. The van der Waals surface area contributed by atoms with E-state index in [1.165, 1.54) is 32.1 Å². The zero-order valence-electron chi connectivity index (χ0n) is 12.0. The van der Waals surface area contributed by atoms with Crippen LogP contribution < -0.4 is 10.5 Å². The molecule has 1 saturated heterocycles. The van der Waals surface area contributed by atoms with E-state index in [0.29, 0.717) is 6.54 Å². The number of hydrogen-bond acceptors (Lipinski definition) is 4. The minimum atomic E-state index is 0.0891. The van der Waals surface area contributed by atoms with Crippen molar-refractivity contribution in [1.82, 2.24) is 4.98 Å². The molecule has 1 saturated carbocycles. The van der Waals surface area contributed by atoms with Gasteiger partial charge < -0.3 is 15.2 Å². The van der Waals surface area contributed by atoms with E-state index in [2.05, 4.69) is 4.98 Å². The van der Waals surface area contributed by atoms with Gasteiger partial charge in [-0.2, -0.15) is 0 Å². The molecule has 20 heavy (non-hydrogen) atoms. The van der Waals surface area contributed by atoms with Gasteiger partial charge in [-0.05, 0) is 25.0 Å². The summed E-state index contributed by atoms with van der Waals surface area (Å²) in [5, 5.41) is 0. The number of nitrogens with two attached hydrogens (primary N) is 1. The van der Waals surface area contributed by atoms with Gasteiger partial charge in [-0.15, -0.1) is 0 Å². The summed E-state index contributed by atoms with van der Waals surface area (Å²) < 4.78 is 12.2. The molecular weight excluding hydrogens is 252 g/mol. The van der Waals surface area contributed by atoms with Crippen LogP contribution in [-0.4, -0.2) is 23.3 Å². The fourth-order valence-electron chi connectivity index (χ4n) is 3.42. The van der Waals surface area contributed by atoms with Crippen molar-refractivity contribution in [2.45, 2.75) is 63.2 Å². The first kappa shape index (κ1) is 13.8. The van der Waals surface area contributed by atoms with E-state index in [0.717, 1.165) is 30.9 Å². The van der Waals surface area contributed by atoms with Gasteiger partial charge in [-0.3, -0.25) is 4.98 Å². The number of nitrogens with zero attached hydrogens (tertiary/aromatic N) is 1. The highest BCUT2D eigenvalue weighted by atomic mass is 16.5.